The van der Waals surface area contributed by atoms with Gasteiger partial charge in [-0.1, -0.05) is 25.0 Å². The molecule has 110 valence electrons. The number of aryl methyl sites for hydroxylation is 1. The lowest BCUT2D eigenvalue weighted by atomic mass is 9.84. The molecular formula is C18H20FNO. The normalized spacial score (nSPS) is 17.5. The van der Waals surface area contributed by atoms with E-state index in [-0.39, 0.29) is 5.82 Å². The zero-order valence-corrected chi connectivity index (χ0v) is 12.2. The number of hydrogen-bond acceptors (Lipinski definition) is 2. The maximum atomic E-state index is 13.5. The Hall–Kier alpha value is -1.74. The van der Waals surface area contributed by atoms with Gasteiger partial charge in [-0.05, 0) is 61.1 Å². The number of aromatic nitrogens is 1. The Morgan fingerprint density at radius 3 is 2.71 bits per heavy atom. The Morgan fingerprint density at radius 2 is 2.10 bits per heavy atom. The molecular weight excluding hydrogens is 265 g/mol. The molecule has 21 heavy (non-hydrogen) atoms. The molecule has 1 aromatic carbocycles. The van der Waals surface area contributed by atoms with Crippen LogP contribution in [0.4, 0.5) is 4.39 Å². The van der Waals surface area contributed by atoms with Crippen LogP contribution in [-0.2, 0) is 5.60 Å². The smallest absolute Gasteiger partial charge is 0.131 e. The van der Waals surface area contributed by atoms with Gasteiger partial charge in [0.25, 0.3) is 0 Å². The fraction of sp³-hybridized carbons (Fsp3) is 0.389. The first-order chi connectivity index (χ1) is 10.1. The summed E-state index contributed by atoms with van der Waals surface area (Å²) >= 11 is 0. The van der Waals surface area contributed by atoms with Crippen LogP contribution in [0.2, 0.25) is 0 Å². The molecule has 0 aliphatic heterocycles. The van der Waals surface area contributed by atoms with Gasteiger partial charge in [-0.15, -0.1) is 0 Å². The molecule has 1 saturated carbocycles. The number of halogens is 1. The van der Waals surface area contributed by atoms with E-state index in [1.54, 1.807) is 25.3 Å². The molecule has 0 amide bonds. The highest BCUT2D eigenvalue weighted by Gasteiger charge is 2.35. The molecule has 1 aliphatic rings. The molecule has 1 N–H and O–H groups in total. The van der Waals surface area contributed by atoms with Crippen LogP contribution in [0.3, 0.4) is 0 Å². The van der Waals surface area contributed by atoms with E-state index in [2.05, 4.69) is 4.98 Å². The maximum Gasteiger partial charge on any atom is 0.131 e. The monoisotopic (exact) mass is 285 g/mol. The van der Waals surface area contributed by atoms with Crippen molar-refractivity contribution in [3.05, 3.63) is 65.2 Å². The molecule has 2 nitrogen and oxygen atoms in total. The zero-order chi connectivity index (χ0) is 14.9. The van der Waals surface area contributed by atoms with Crippen LogP contribution in [0.15, 0.2) is 42.6 Å². The van der Waals surface area contributed by atoms with E-state index < -0.39 is 5.60 Å². The first kappa shape index (κ1) is 14.2. The summed E-state index contributed by atoms with van der Waals surface area (Å²) in [7, 11) is 0. The minimum absolute atomic E-state index is 0.246. The first-order valence-electron chi connectivity index (χ1n) is 7.50. The minimum atomic E-state index is -1.14. The van der Waals surface area contributed by atoms with Crippen molar-refractivity contribution in [3.8, 4) is 0 Å². The Labute approximate surface area is 124 Å². The van der Waals surface area contributed by atoms with Crippen molar-refractivity contribution in [2.75, 3.05) is 0 Å². The second-order valence-corrected chi connectivity index (χ2v) is 6.02. The molecule has 1 atom stereocenters. The van der Waals surface area contributed by atoms with Gasteiger partial charge in [0.05, 0.1) is 5.69 Å². The number of aliphatic hydroxyl groups is 1. The lowest BCUT2D eigenvalue weighted by Gasteiger charge is -2.29. The Bertz CT molecular complexity index is 624. The third-order valence-electron chi connectivity index (χ3n) is 4.34. The summed E-state index contributed by atoms with van der Waals surface area (Å²) in [6, 6.07) is 10.4. The Kier molecular flexibility index (Phi) is 3.77. The number of hydrogen-bond donors (Lipinski definition) is 1. The molecule has 2 aromatic rings. The molecule has 3 heteroatoms. The minimum Gasteiger partial charge on any atom is -0.379 e. The zero-order valence-electron chi connectivity index (χ0n) is 12.2. The number of pyridine rings is 1. The van der Waals surface area contributed by atoms with Crippen LogP contribution in [0.5, 0.6) is 0 Å². The highest BCUT2D eigenvalue weighted by atomic mass is 19.1. The summed E-state index contributed by atoms with van der Waals surface area (Å²) in [6.45, 7) is 1.72. The van der Waals surface area contributed by atoms with Crippen molar-refractivity contribution in [2.45, 2.75) is 38.2 Å². The van der Waals surface area contributed by atoms with Crippen LogP contribution >= 0.6 is 0 Å². The van der Waals surface area contributed by atoms with Crippen molar-refractivity contribution in [2.24, 2.45) is 5.92 Å². The van der Waals surface area contributed by atoms with Crippen LogP contribution in [0.1, 0.15) is 42.5 Å². The second-order valence-electron chi connectivity index (χ2n) is 6.02. The molecule has 1 aromatic heterocycles. The van der Waals surface area contributed by atoms with E-state index in [0.717, 1.165) is 17.9 Å². The van der Waals surface area contributed by atoms with Crippen LogP contribution in [-0.4, -0.2) is 10.1 Å². The molecule has 0 spiro atoms. The molecule has 0 radical (unpaired) electrons. The van der Waals surface area contributed by atoms with Gasteiger partial charge in [0.1, 0.15) is 11.4 Å². The molecule has 0 saturated heterocycles. The van der Waals surface area contributed by atoms with Crippen LogP contribution < -0.4 is 0 Å². The average molecular weight is 285 g/mol. The third kappa shape index (κ3) is 2.98. The summed E-state index contributed by atoms with van der Waals surface area (Å²) in [4.78, 5) is 4.33. The molecule has 1 unspecified atom stereocenters. The quantitative estimate of drug-likeness (QED) is 0.902. The number of benzene rings is 1. The van der Waals surface area contributed by atoms with E-state index in [0.29, 0.717) is 17.7 Å². The predicted molar refractivity (Wildman–Crippen MR) is 80.3 cm³/mol. The summed E-state index contributed by atoms with van der Waals surface area (Å²) in [6.07, 6.45) is 5.79. The molecule has 1 heterocycles. The van der Waals surface area contributed by atoms with E-state index in [9.17, 15) is 9.50 Å². The van der Waals surface area contributed by atoms with E-state index in [4.69, 9.17) is 0 Å². The van der Waals surface area contributed by atoms with Crippen molar-refractivity contribution < 1.29 is 9.50 Å². The first-order valence-corrected chi connectivity index (χ1v) is 7.50. The number of rotatable bonds is 5. The van der Waals surface area contributed by atoms with Crippen LogP contribution in [0.25, 0.3) is 0 Å². The van der Waals surface area contributed by atoms with Crippen molar-refractivity contribution in [3.63, 3.8) is 0 Å². The average Bonchev–Trinajstić information content (AvgIpc) is 3.33. The molecule has 3 rings (SSSR count). The molecule has 1 fully saturated rings. The van der Waals surface area contributed by atoms with Gasteiger partial charge < -0.3 is 5.11 Å². The van der Waals surface area contributed by atoms with Gasteiger partial charge in [0.15, 0.2) is 0 Å². The highest BCUT2D eigenvalue weighted by molar-refractivity contribution is 5.35. The summed E-state index contributed by atoms with van der Waals surface area (Å²) < 4.78 is 13.5. The Balaban J connectivity index is 1.99. The van der Waals surface area contributed by atoms with Crippen molar-refractivity contribution in [1.29, 1.82) is 0 Å². The van der Waals surface area contributed by atoms with E-state index in [1.165, 1.54) is 18.9 Å². The lowest BCUT2D eigenvalue weighted by molar-refractivity contribution is 0.0623. The highest BCUT2D eigenvalue weighted by Crippen LogP contribution is 2.40. The molecule has 1 aliphatic carbocycles. The summed E-state index contributed by atoms with van der Waals surface area (Å²) in [5.41, 5.74) is 0.771. The van der Waals surface area contributed by atoms with Crippen LogP contribution in [0, 0.1) is 18.7 Å². The fourth-order valence-corrected chi connectivity index (χ4v) is 2.75. The lowest BCUT2D eigenvalue weighted by Crippen LogP contribution is -2.29. The van der Waals surface area contributed by atoms with Gasteiger partial charge in [-0.3, -0.25) is 4.98 Å². The largest absolute Gasteiger partial charge is 0.379 e. The number of nitrogens with zero attached hydrogens (tertiary/aromatic N) is 1. The predicted octanol–water partition coefficient (Wildman–Crippen LogP) is 3.96. The van der Waals surface area contributed by atoms with Crippen molar-refractivity contribution >= 4 is 0 Å². The van der Waals surface area contributed by atoms with E-state index >= 15 is 0 Å². The molecule has 0 bridgehead atoms. The Morgan fingerprint density at radius 1 is 1.29 bits per heavy atom. The van der Waals surface area contributed by atoms with Gasteiger partial charge in [-0.25, -0.2) is 4.39 Å². The fourth-order valence-electron chi connectivity index (χ4n) is 2.75. The van der Waals surface area contributed by atoms with Gasteiger partial charge >= 0.3 is 0 Å². The standard InChI is InChI=1S/C18H20FNO/c1-13-12-15(7-8-16(13)19)18(21,10-9-14-5-6-14)17-4-2-3-11-20-17/h2-4,7-8,11-12,14,21H,5-6,9-10H2,1H3. The van der Waals surface area contributed by atoms with Gasteiger partial charge in [-0.2, -0.15) is 0 Å². The summed E-state index contributed by atoms with van der Waals surface area (Å²) in [5, 5.41) is 11.3. The van der Waals surface area contributed by atoms with Gasteiger partial charge in [0, 0.05) is 6.20 Å². The van der Waals surface area contributed by atoms with Gasteiger partial charge in [0.2, 0.25) is 0 Å². The topological polar surface area (TPSA) is 33.1 Å². The maximum absolute atomic E-state index is 13.5. The third-order valence-corrected chi connectivity index (χ3v) is 4.34. The second kappa shape index (κ2) is 5.57. The van der Waals surface area contributed by atoms with Crippen molar-refractivity contribution in [1.82, 2.24) is 4.98 Å². The van der Waals surface area contributed by atoms with E-state index in [1.807, 2.05) is 18.2 Å². The SMILES string of the molecule is Cc1cc(C(O)(CCC2CC2)c2ccccn2)ccc1F. The summed E-state index contributed by atoms with van der Waals surface area (Å²) in [5.74, 6) is 0.478.